The van der Waals surface area contributed by atoms with Crippen LogP contribution in [0.3, 0.4) is 0 Å². The molecule has 0 radical (unpaired) electrons. The molecule has 1 aliphatic carbocycles. The zero-order valence-electron chi connectivity index (χ0n) is 13.7. The molecule has 0 atom stereocenters. The van der Waals surface area contributed by atoms with Crippen LogP contribution in [0.5, 0.6) is 0 Å². The van der Waals surface area contributed by atoms with Gasteiger partial charge in [-0.05, 0) is 25.0 Å². The monoisotopic (exact) mass is 342 g/mol. The van der Waals surface area contributed by atoms with E-state index in [0.717, 1.165) is 12.8 Å². The Hall–Kier alpha value is -2.70. The topological polar surface area (TPSA) is 69.3 Å². The van der Waals surface area contributed by atoms with E-state index in [4.69, 9.17) is 0 Å². The minimum Gasteiger partial charge on any atom is -0.339 e. The summed E-state index contributed by atoms with van der Waals surface area (Å²) in [7, 11) is 0. The molecule has 1 amide bonds. The molecular weight excluding hydrogens is 323 g/mol. The zero-order chi connectivity index (χ0) is 17.4. The van der Waals surface area contributed by atoms with E-state index in [9.17, 15) is 14.0 Å². The summed E-state index contributed by atoms with van der Waals surface area (Å²) in [5.74, 6) is -0.286. The zero-order valence-corrected chi connectivity index (χ0v) is 13.7. The van der Waals surface area contributed by atoms with Crippen molar-refractivity contribution in [2.24, 2.45) is 0 Å². The molecule has 130 valence electrons. The van der Waals surface area contributed by atoms with Crippen molar-refractivity contribution < 1.29 is 9.18 Å². The lowest BCUT2D eigenvalue weighted by Gasteiger charge is -2.35. The van der Waals surface area contributed by atoms with Gasteiger partial charge in [0.15, 0.2) is 0 Å². The molecule has 2 heterocycles. The van der Waals surface area contributed by atoms with Gasteiger partial charge < -0.3 is 9.80 Å². The largest absolute Gasteiger partial charge is 0.339 e. The number of carbonyl (C=O) groups excluding carboxylic acids is 1. The van der Waals surface area contributed by atoms with Gasteiger partial charge in [-0.25, -0.2) is 4.98 Å². The average molecular weight is 342 g/mol. The first-order chi connectivity index (χ1) is 12.1. The number of aromatic nitrogens is 2. The van der Waals surface area contributed by atoms with Crippen molar-refractivity contribution >= 4 is 11.9 Å². The van der Waals surface area contributed by atoms with Crippen molar-refractivity contribution in [3.8, 4) is 0 Å². The lowest BCUT2D eigenvalue weighted by Crippen LogP contribution is -2.49. The van der Waals surface area contributed by atoms with Gasteiger partial charge in [-0.15, -0.1) is 0 Å². The number of aromatic amines is 1. The summed E-state index contributed by atoms with van der Waals surface area (Å²) >= 11 is 0. The Labute approximate surface area is 144 Å². The van der Waals surface area contributed by atoms with Crippen molar-refractivity contribution in [2.75, 3.05) is 31.1 Å². The number of halogens is 1. The summed E-state index contributed by atoms with van der Waals surface area (Å²) in [6, 6.07) is 9.17. The Balaban J connectivity index is 1.47. The van der Waals surface area contributed by atoms with Crippen LogP contribution >= 0.6 is 0 Å². The van der Waals surface area contributed by atoms with E-state index >= 15 is 0 Å². The summed E-state index contributed by atoms with van der Waals surface area (Å²) in [6.45, 7) is 2.18. The number of nitrogens with zero attached hydrogens (tertiary/aromatic N) is 3. The normalized spacial score (nSPS) is 17.6. The van der Waals surface area contributed by atoms with Crippen molar-refractivity contribution in [1.82, 2.24) is 14.9 Å². The number of piperazine rings is 1. The summed E-state index contributed by atoms with van der Waals surface area (Å²) < 4.78 is 13.9. The molecule has 0 unspecified atom stereocenters. The highest BCUT2D eigenvalue weighted by molar-refractivity contribution is 5.94. The maximum atomic E-state index is 13.9. The standard InChI is InChI=1S/C18H19FN4O2/c19-14-15(12-6-7-12)20-18(21-16(14)24)23-10-8-22(9-11-23)17(25)13-4-2-1-3-5-13/h1-5,12H,6-11H2,(H,20,21,24). The Kier molecular flexibility index (Phi) is 3.99. The van der Waals surface area contributed by atoms with Crippen LogP contribution in [-0.2, 0) is 0 Å². The van der Waals surface area contributed by atoms with Gasteiger partial charge in [-0.3, -0.25) is 14.6 Å². The average Bonchev–Trinajstić information content (AvgIpc) is 3.49. The molecule has 2 aliphatic rings. The predicted molar refractivity (Wildman–Crippen MR) is 91.3 cm³/mol. The maximum Gasteiger partial charge on any atom is 0.288 e. The van der Waals surface area contributed by atoms with Crippen LogP contribution in [0.4, 0.5) is 10.3 Å². The first kappa shape index (κ1) is 15.8. The third-order valence-electron chi connectivity index (χ3n) is 4.73. The highest BCUT2D eigenvalue weighted by Gasteiger charge is 2.31. The molecule has 25 heavy (non-hydrogen) atoms. The summed E-state index contributed by atoms with van der Waals surface area (Å²) in [4.78, 5) is 34.9. The van der Waals surface area contributed by atoms with Gasteiger partial charge in [0.25, 0.3) is 11.5 Å². The Morgan fingerprint density at radius 2 is 1.80 bits per heavy atom. The highest BCUT2D eigenvalue weighted by Crippen LogP contribution is 2.39. The highest BCUT2D eigenvalue weighted by atomic mass is 19.1. The van der Waals surface area contributed by atoms with Crippen LogP contribution in [0, 0.1) is 5.82 Å². The number of H-pyrrole nitrogens is 1. The predicted octanol–water partition coefficient (Wildman–Crippen LogP) is 1.75. The van der Waals surface area contributed by atoms with E-state index in [1.807, 2.05) is 23.1 Å². The van der Waals surface area contributed by atoms with E-state index in [1.165, 1.54) is 0 Å². The summed E-state index contributed by atoms with van der Waals surface area (Å²) in [5.41, 5.74) is 0.233. The minimum atomic E-state index is -0.760. The minimum absolute atomic E-state index is 0.000483. The number of hydrogen-bond acceptors (Lipinski definition) is 4. The first-order valence-corrected chi connectivity index (χ1v) is 8.52. The SMILES string of the molecule is O=C(c1ccccc1)N1CCN(c2nc(C3CC3)c(F)c(=O)[nH]2)CC1. The molecule has 1 aliphatic heterocycles. The Morgan fingerprint density at radius 3 is 2.44 bits per heavy atom. The van der Waals surface area contributed by atoms with Crippen molar-refractivity contribution in [1.29, 1.82) is 0 Å². The van der Waals surface area contributed by atoms with Gasteiger partial charge in [-0.2, -0.15) is 4.39 Å². The molecule has 1 aromatic heterocycles. The van der Waals surface area contributed by atoms with Crippen LogP contribution in [0.1, 0.15) is 34.8 Å². The second-order valence-electron chi connectivity index (χ2n) is 6.51. The lowest BCUT2D eigenvalue weighted by atomic mass is 10.2. The fraction of sp³-hybridized carbons (Fsp3) is 0.389. The molecule has 6 nitrogen and oxygen atoms in total. The molecule has 7 heteroatoms. The molecule has 2 fully saturated rings. The Bertz CT molecular complexity index is 840. The van der Waals surface area contributed by atoms with Crippen molar-refractivity contribution in [3.63, 3.8) is 0 Å². The first-order valence-electron chi connectivity index (χ1n) is 8.52. The van der Waals surface area contributed by atoms with E-state index < -0.39 is 11.4 Å². The molecule has 2 aromatic rings. The quantitative estimate of drug-likeness (QED) is 0.923. The lowest BCUT2D eigenvalue weighted by molar-refractivity contribution is 0.0746. The van der Waals surface area contributed by atoms with Crippen LogP contribution in [-0.4, -0.2) is 47.0 Å². The van der Waals surface area contributed by atoms with Crippen molar-refractivity contribution in [2.45, 2.75) is 18.8 Å². The van der Waals surface area contributed by atoms with Crippen LogP contribution in [0.15, 0.2) is 35.1 Å². The smallest absolute Gasteiger partial charge is 0.288 e. The van der Waals surface area contributed by atoms with Crippen molar-refractivity contribution in [3.05, 3.63) is 57.8 Å². The molecule has 1 saturated heterocycles. The van der Waals surface area contributed by atoms with E-state index in [0.29, 0.717) is 37.7 Å². The van der Waals surface area contributed by atoms with Gasteiger partial charge in [-0.1, -0.05) is 18.2 Å². The van der Waals surface area contributed by atoms with Crippen LogP contribution in [0.2, 0.25) is 0 Å². The van der Waals surface area contributed by atoms with Gasteiger partial charge >= 0.3 is 0 Å². The van der Waals surface area contributed by atoms with E-state index in [2.05, 4.69) is 9.97 Å². The van der Waals surface area contributed by atoms with Gasteiger partial charge in [0, 0.05) is 37.7 Å². The van der Waals surface area contributed by atoms with E-state index in [-0.39, 0.29) is 17.5 Å². The third-order valence-corrected chi connectivity index (χ3v) is 4.73. The molecule has 1 N–H and O–H groups in total. The van der Waals surface area contributed by atoms with Crippen LogP contribution in [0.25, 0.3) is 0 Å². The number of hydrogen-bond donors (Lipinski definition) is 1. The molecule has 1 saturated carbocycles. The molecule has 1 aromatic carbocycles. The van der Waals surface area contributed by atoms with E-state index in [1.54, 1.807) is 17.0 Å². The maximum absolute atomic E-state index is 13.9. The van der Waals surface area contributed by atoms with Gasteiger partial charge in [0.1, 0.15) is 0 Å². The number of rotatable bonds is 3. The summed E-state index contributed by atoms with van der Waals surface area (Å²) in [6.07, 6.45) is 1.76. The third kappa shape index (κ3) is 3.14. The molecule has 4 rings (SSSR count). The number of amides is 1. The molecule has 0 spiro atoms. The number of carbonyl (C=O) groups is 1. The van der Waals surface area contributed by atoms with Gasteiger partial charge in [0.2, 0.25) is 11.8 Å². The second kappa shape index (κ2) is 6.31. The van der Waals surface area contributed by atoms with Crippen LogP contribution < -0.4 is 10.5 Å². The molecular formula is C18H19FN4O2. The number of anilines is 1. The molecule has 0 bridgehead atoms. The number of benzene rings is 1. The number of nitrogens with one attached hydrogen (secondary N) is 1. The fourth-order valence-corrected chi connectivity index (χ4v) is 3.13. The fourth-order valence-electron chi connectivity index (χ4n) is 3.13. The van der Waals surface area contributed by atoms with Gasteiger partial charge in [0.05, 0.1) is 5.69 Å². The Morgan fingerprint density at radius 1 is 1.12 bits per heavy atom. The summed E-state index contributed by atoms with van der Waals surface area (Å²) in [5, 5.41) is 0. The second-order valence-corrected chi connectivity index (χ2v) is 6.51.